The van der Waals surface area contributed by atoms with Gasteiger partial charge >= 0.3 is 0 Å². The number of carbonyl (C=O) groups is 1. The normalized spacial score (nSPS) is 13.6. The molecule has 1 rings (SSSR count). The Hall–Kier alpha value is -2.08. The lowest BCUT2D eigenvalue weighted by Crippen LogP contribution is -2.47. The van der Waals surface area contributed by atoms with Crippen LogP contribution in [0.25, 0.3) is 0 Å². The van der Waals surface area contributed by atoms with Crippen molar-refractivity contribution in [1.29, 1.82) is 0 Å². The molecule has 0 aliphatic heterocycles. The highest BCUT2D eigenvalue weighted by Crippen LogP contribution is 2.36. The zero-order chi connectivity index (χ0) is 22.5. The van der Waals surface area contributed by atoms with Crippen LogP contribution < -0.4 is 10.0 Å². The molecule has 0 spiro atoms. The van der Waals surface area contributed by atoms with Crippen LogP contribution in [-0.2, 0) is 19.2 Å². The summed E-state index contributed by atoms with van der Waals surface area (Å²) in [4.78, 5) is 22.0. The molecule has 11 heteroatoms. The highest BCUT2D eigenvalue weighted by Gasteiger charge is 2.37. The Morgan fingerprint density at radius 1 is 1.31 bits per heavy atom. The van der Waals surface area contributed by atoms with Crippen LogP contribution in [0.5, 0.6) is 0 Å². The third kappa shape index (κ3) is 7.35. The number of benzene rings is 1. The summed E-state index contributed by atoms with van der Waals surface area (Å²) < 4.78 is 32.7. The standard InChI is InChI=1S/C18H29N3O6SSi/c1-7-14(13-27-29(5,6)18(2,3)4)20-17(22)12-19-28(25,26)16-10-8-15(9-11-16)21(23)24/h7-11,14,19H,1,12-13H2,2-6H3,(H,20,22)/t14-/m0/s1. The van der Waals surface area contributed by atoms with E-state index in [4.69, 9.17) is 4.43 Å². The number of carbonyl (C=O) groups excluding carboxylic acids is 1. The predicted molar refractivity (Wildman–Crippen MR) is 114 cm³/mol. The van der Waals surface area contributed by atoms with Gasteiger partial charge in [0.15, 0.2) is 8.32 Å². The number of amides is 1. The Balaban J connectivity index is 2.64. The van der Waals surface area contributed by atoms with E-state index in [1.54, 1.807) is 0 Å². The quantitative estimate of drug-likeness (QED) is 0.248. The minimum atomic E-state index is -3.98. The van der Waals surface area contributed by atoms with Crippen LogP contribution in [0.3, 0.4) is 0 Å². The first-order valence-electron chi connectivity index (χ1n) is 8.99. The first-order chi connectivity index (χ1) is 13.2. The van der Waals surface area contributed by atoms with E-state index in [1.807, 2.05) is 0 Å². The van der Waals surface area contributed by atoms with Gasteiger partial charge < -0.3 is 9.74 Å². The number of hydrogen-bond acceptors (Lipinski definition) is 6. The van der Waals surface area contributed by atoms with E-state index in [9.17, 15) is 23.3 Å². The van der Waals surface area contributed by atoms with Gasteiger partial charge in [0.2, 0.25) is 15.9 Å². The molecular formula is C18H29N3O6SSi. The van der Waals surface area contributed by atoms with Gasteiger partial charge in [-0.1, -0.05) is 26.8 Å². The molecule has 162 valence electrons. The molecule has 1 aromatic rings. The largest absolute Gasteiger partial charge is 0.414 e. The van der Waals surface area contributed by atoms with Crippen LogP contribution in [0, 0.1) is 10.1 Å². The zero-order valence-corrected chi connectivity index (χ0v) is 19.2. The van der Waals surface area contributed by atoms with Crippen molar-refractivity contribution >= 4 is 29.9 Å². The third-order valence-corrected chi connectivity index (χ3v) is 10.8. The molecule has 0 bridgehead atoms. The van der Waals surface area contributed by atoms with Crippen molar-refractivity contribution in [3.8, 4) is 0 Å². The van der Waals surface area contributed by atoms with Gasteiger partial charge in [0.1, 0.15) is 0 Å². The molecule has 0 saturated carbocycles. The molecule has 1 atom stereocenters. The van der Waals surface area contributed by atoms with E-state index >= 15 is 0 Å². The van der Waals surface area contributed by atoms with E-state index in [1.165, 1.54) is 6.08 Å². The number of non-ortho nitro benzene ring substituents is 1. The maximum atomic E-state index is 12.2. The van der Waals surface area contributed by atoms with Gasteiger partial charge in [-0.15, -0.1) is 6.58 Å². The second-order valence-corrected chi connectivity index (χ2v) is 14.6. The van der Waals surface area contributed by atoms with E-state index in [0.717, 1.165) is 24.3 Å². The number of nitro groups is 1. The van der Waals surface area contributed by atoms with Crippen molar-refractivity contribution in [2.45, 2.75) is 49.8 Å². The van der Waals surface area contributed by atoms with Gasteiger partial charge in [-0.2, -0.15) is 0 Å². The molecule has 9 nitrogen and oxygen atoms in total. The molecule has 2 N–H and O–H groups in total. The van der Waals surface area contributed by atoms with E-state index in [-0.39, 0.29) is 22.2 Å². The average Bonchev–Trinajstić information content (AvgIpc) is 2.62. The SMILES string of the molecule is C=C[C@@H](CO[Si](C)(C)C(C)(C)C)NC(=O)CNS(=O)(=O)c1ccc([N+](=O)[O-])cc1. The minimum absolute atomic E-state index is 0.0170. The van der Waals surface area contributed by atoms with E-state index < -0.39 is 41.8 Å². The molecule has 0 aliphatic rings. The van der Waals surface area contributed by atoms with Crippen molar-refractivity contribution in [2.75, 3.05) is 13.2 Å². The molecule has 0 saturated heterocycles. The highest BCUT2D eigenvalue weighted by atomic mass is 32.2. The number of hydrogen-bond donors (Lipinski definition) is 2. The lowest BCUT2D eigenvalue weighted by molar-refractivity contribution is -0.384. The van der Waals surface area contributed by atoms with Gasteiger partial charge in [0.05, 0.1) is 29.0 Å². The van der Waals surface area contributed by atoms with E-state index in [2.05, 4.69) is 50.5 Å². The molecule has 0 heterocycles. The van der Waals surface area contributed by atoms with Gasteiger partial charge in [0.25, 0.3) is 5.69 Å². The summed E-state index contributed by atoms with van der Waals surface area (Å²) in [6, 6.07) is 3.93. The summed E-state index contributed by atoms with van der Waals surface area (Å²) in [6.45, 7) is 13.9. The van der Waals surface area contributed by atoms with Gasteiger partial charge in [0, 0.05) is 12.1 Å². The van der Waals surface area contributed by atoms with Gasteiger partial charge in [-0.3, -0.25) is 14.9 Å². The monoisotopic (exact) mass is 443 g/mol. The van der Waals surface area contributed by atoms with E-state index in [0.29, 0.717) is 0 Å². The Kier molecular flexibility index (Phi) is 8.27. The number of nitrogens with zero attached hydrogens (tertiary/aromatic N) is 1. The Labute approximate surface area is 172 Å². The van der Waals surface area contributed by atoms with Crippen molar-refractivity contribution < 1.29 is 22.6 Å². The van der Waals surface area contributed by atoms with Crippen molar-refractivity contribution in [3.63, 3.8) is 0 Å². The summed E-state index contributed by atoms with van der Waals surface area (Å²) in [5.74, 6) is -0.542. The smallest absolute Gasteiger partial charge is 0.269 e. The highest BCUT2D eigenvalue weighted by molar-refractivity contribution is 7.89. The molecule has 1 aromatic carbocycles. The third-order valence-electron chi connectivity index (χ3n) is 4.84. The van der Waals surface area contributed by atoms with Crippen molar-refractivity contribution in [1.82, 2.24) is 10.0 Å². The number of nitrogens with one attached hydrogen (secondary N) is 2. The van der Waals surface area contributed by atoms with Gasteiger partial charge in [-0.05, 0) is 30.3 Å². The Morgan fingerprint density at radius 2 is 1.86 bits per heavy atom. The summed E-state index contributed by atoms with van der Waals surface area (Å²) in [7, 11) is -5.98. The summed E-state index contributed by atoms with van der Waals surface area (Å²) >= 11 is 0. The molecular weight excluding hydrogens is 414 g/mol. The zero-order valence-electron chi connectivity index (χ0n) is 17.4. The topological polar surface area (TPSA) is 128 Å². The van der Waals surface area contributed by atoms with Crippen LogP contribution in [-0.4, -0.2) is 46.8 Å². The molecule has 0 fully saturated rings. The number of sulfonamides is 1. The maximum Gasteiger partial charge on any atom is 0.269 e. The fraction of sp³-hybridized carbons (Fsp3) is 0.500. The second-order valence-electron chi connectivity index (χ2n) is 8.06. The number of rotatable bonds is 10. The molecule has 0 aliphatic carbocycles. The lowest BCUT2D eigenvalue weighted by Gasteiger charge is -2.37. The van der Waals surface area contributed by atoms with Crippen LogP contribution in [0.15, 0.2) is 41.8 Å². The molecule has 0 radical (unpaired) electrons. The fourth-order valence-corrected chi connectivity index (χ4v) is 3.94. The first kappa shape index (κ1) is 25.0. The Morgan fingerprint density at radius 3 is 2.31 bits per heavy atom. The molecule has 29 heavy (non-hydrogen) atoms. The minimum Gasteiger partial charge on any atom is -0.414 e. The lowest BCUT2D eigenvalue weighted by atomic mass is 10.2. The summed E-state index contributed by atoms with van der Waals surface area (Å²) in [5.41, 5.74) is -0.225. The molecule has 0 aromatic heterocycles. The van der Waals surface area contributed by atoms with Crippen LogP contribution in [0.1, 0.15) is 20.8 Å². The average molecular weight is 444 g/mol. The second kappa shape index (κ2) is 9.61. The summed E-state index contributed by atoms with van der Waals surface area (Å²) in [5, 5.41) is 13.3. The predicted octanol–water partition coefficient (Wildman–Crippen LogP) is 2.57. The van der Waals surface area contributed by atoms with Crippen molar-refractivity contribution in [3.05, 3.63) is 47.0 Å². The molecule has 0 unspecified atom stereocenters. The summed E-state index contributed by atoms with van der Waals surface area (Å²) in [6.07, 6.45) is 1.54. The maximum absolute atomic E-state index is 12.2. The fourth-order valence-electron chi connectivity index (χ4n) is 1.93. The van der Waals surface area contributed by atoms with Crippen LogP contribution in [0.4, 0.5) is 5.69 Å². The van der Waals surface area contributed by atoms with Gasteiger partial charge in [-0.25, -0.2) is 13.1 Å². The van der Waals surface area contributed by atoms with Crippen molar-refractivity contribution in [2.24, 2.45) is 0 Å². The molecule has 1 amide bonds. The number of nitro benzene ring substituents is 1. The Bertz CT molecular complexity index is 847. The first-order valence-corrected chi connectivity index (χ1v) is 13.4. The van der Waals surface area contributed by atoms with Crippen LogP contribution >= 0.6 is 0 Å². The van der Waals surface area contributed by atoms with Crippen LogP contribution in [0.2, 0.25) is 18.1 Å².